The van der Waals surface area contributed by atoms with E-state index in [1.807, 2.05) is 31.3 Å². The van der Waals surface area contributed by atoms with Crippen LogP contribution in [0.4, 0.5) is 0 Å². The Morgan fingerprint density at radius 2 is 2.04 bits per heavy atom. The molecule has 3 rings (SSSR count). The molecule has 120 valence electrons. The van der Waals surface area contributed by atoms with Crippen LogP contribution in [-0.4, -0.2) is 35.1 Å². The monoisotopic (exact) mass is 312 g/mol. The number of aromatic nitrogens is 2. The number of likely N-dealkylation sites (N-methyl/N-ethyl adjacent to an activating group) is 1. The molecule has 0 fully saturated rings. The van der Waals surface area contributed by atoms with E-state index < -0.39 is 5.91 Å². The van der Waals surface area contributed by atoms with Crippen molar-refractivity contribution < 1.29 is 9.59 Å². The molecule has 23 heavy (non-hydrogen) atoms. The van der Waals surface area contributed by atoms with E-state index >= 15 is 0 Å². The van der Waals surface area contributed by atoms with E-state index in [0.717, 1.165) is 37.2 Å². The lowest BCUT2D eigenvalue weighted by molar-refractivity contribution is 0.0948. The minimum atomic E-state index is -0.652. The smallest absolute Gasteiger partial charge is 0.269 e. The number of hydrogen-bond acceptors (Lipinski definition) is 4. The number of carbonyl (C=O) groups is 2. The fraction of sp³-hybridized carbons (Fsp3) is 0.353. The van der Waals surface area contributed by atoms with Gasteiger partial charge in [-0.05, 0) is 50.6 Å². The van der Waals surface area contributed by atoms with E-state index in [4.69, 9.17) is 5.73 Å². The van der Waals surface area contributed by atoms with Gasteiger partial charge in [-0.1, -0.05) is 12.1 Å². The van der Waals surface area contributed by atoms with Crippen molar-refractivity contribution in [3.63, 3.8) is 0 Å². The second-order valence-corrected chi connectivity index (χ2v) is 5.74. The summed E-state index contributed by atoms with van der Waals surface area (Å²) in [5.41, 5.74) is 8.74. The molecule has 0 saturated carbocycles. The van der Waals surface area contributed by atoms with Gasteiger partial charge in [0.05, 0.1) is 16.9 Å². The first kappa shape index (κ1) is 15.4. The highest BCUT2D eigenvalue weighted by atomic mass is 16.1. The molecule has 2 aromatic rings. The standard InChI is InChI=1S/C17H20N4O2/c1-19-10-9-11-5-7-12(8-6-11)21-13-3-2-4-14(22)15(13)16(20-21)17(18)23/h5-8,19H,2-4,9-10H2,1H3,(H2,18,23). The molecule has 1 amide bonds. The molecule has 1 heterocycles. The van der Waals surface area contributed by atoms with Crippen molar-refractivity contribution >= 4 is 11.7 Å². The predicted molar refractivity (Wildman–Crippen MR) is 87.0 cm³/mol. The largest absolute Gasteiger partial charge is 0.364 e. The second-order valence-electron chi connectivity index (χ2n) is 5.74. The average Bonchev–Trinajstić information content (AvgIpc) is 2.95. The maximum Gasteiger partial charge on any atom is 0.269 e. The number of carbonyl (C=O) groups excluding carboxylic acids is 2. The molecule has 0 atom stereocenters. The molecule has 1 aromatic heterocycles. The topological polar surface area (TPSA) is 90.0 Å². The molecule has 0 saturated heterocycles. The maximum atomic E-state index is 12.2. The highest BCUT2D eigenvalue weighted by Gasteiger charge is 2.29. The van der Waals surface area contributed by atoms with Gasteiger partial charge in [0.25, 0.3) is 5.91 Å². The Balaban J connectivity index is 2.01. The lowest BCUT2D eigenvalue weighted by atomic mass is 9.94. The van der Waals surface area contributed by atoms with E-state index in [0.29, 0.717) is 12.0 Å². The second kappa shape index (κ2) is 6.34. The summed E-state index contributed by atoms with van der Waals surface area (Å²) in [5.74, 6) is -0.696. The molecule has 1 aliphatic carbocycles. The van der Waals surface area contributed by atoms with Crippen molar-refractivity contribution in [3.05, 3.63) is 46.8 Å². The highest BCUT2D eigenvalue weighted by Crippen LogP contribution is 2.27. The van der Waals surface area contributed by atoms with Gasteiger partial charge in [0.1, 0.15) is 0 Å². The van der Waals surface area contributed by atoms with Crippen molar-refractivity contribution in [1.29, 1.82) is 0 Å². The predicted octanol–water partition coefficient (Wildman–Crippen LogP) is 1.25. The van der Waals surface area contributed by atoms with Crippen molar-refractivity contribution in [3.8, 4) is 5.69 Å². The minimum Gasteiger partial charge on any atom is -0.364 e. The number of nitrogens with two attached hydrogens (primary N) is 1. The first-order chi connectivity index (χ1) is 11.1. The number of amides is 1. The van der Waals surface area contributed by atoms with Gasteiger partial charge in [-0.15, -0.1) is 0 Å². The molecule has 6 nitrogen and oxygen atoms in total. The first-order valence-corrected chi connectivity index (χ1v) is 7.80. The van der Waals surface area contributed by atoms with Crippen LogP contribution in [0, 0.1) is 0 Å². The summed E-state index contributed by atoms with van der Waals surface area (Å²) in [7, 11) is 1.92. The SMILES string of the molecule is CNCCc1ccc(-n2nc(C(N)=O)c3c2CCCC3=O)cc1. The lowest BCUT2D eigenvalue weighted by Gasteiger charge is -2.13. The molecule has 6 heteroatoms. The summed E-state index contributed by atoms with van der Waals surface area (Å²) in [6.45, 7) is 0.914. The molecule has 0 bridgehead atoms. The highest BCUT2D eigenvalue weighted by molar-refractivity contribution is 6.08. The van der Waals surface area contributed by atoms with Crippen LogP contribution in [-0.2, 0) is 12.8 Å². The third-order valence-corrected chi connectivity index (χ3v) is 4.16. The molecule has 1 aromatic carbocycles. The van der Waals surface area contributed by atoms with E-state index in [1.54, 1.807) is 4.68 Å². The van der Waals surface area contributed by atoms with Crippen LogP contribution in [0.25, 0.3) is 5.69 Å². The summed E-state index contributed by atoms with van der Waals surface area (Å²) < 4.78 is 1.69. The molecule has 0 spiro atoms. The normalized spacial score (nSPS) is 13.9. The van der Waals surface area contributed by atoms with Crippen LogP contribution < -0.4 is 11.1 Å². The Kier molecular flexibility index (Phi) is 4.25. The number of rotatable bonds is 5. The quantitative estimate of drug-likeness (QED) is 0.869. The molecular formula is C17H20N4O2. The third kappa shape index (κ3) is 2.90. The van der Waals surface area contributed by atoms with Gasteiger partial charge in [-0.25, -0.2) is 4.68 Å². The van der Waals surface area contributed by atoms with E-state index in [-0.39, 0.29) is 11.5 Å². The summed E-state index contributed by atoms with van der Waals surface area (Å²) in [6, 6.07) is 7.99. The van der Waals surface area contributed by atoms with Crippen molar-refractivity contribution in [2.24, 2.45) is 5.73 Å². The number of fused-ring (bicyclic) bond motifs is 1. The Hall–Kier alpha value is -2.47. The van der Waals surface area contributed by atoms with E-state index in [2.05, 4.69) is 10.4 Å². The Bertz CT molecular complexity index is 747. The number of Topliss-reactive ketones (excluding diaryl/α,β-unsaturated/α-hetero) is 1. The number of nitrogens with one attached hydrogen (secondary N) is 1. The molecular weight excluding hydrogens is 292 g/mol. The lowest BCUT2D eigenvalue weighted by Crippen LogP contribution is -2.18. The van der Waals surface area contributed by atoms with Crippen molar-refractivity contribution in [1.82, 2.24) is 15.1 Å². The summed E-state index contributed by atoms with van der Waals surface area (Å²) in [5, 5.41) is 7.43. The molecule has 3 N–H and O–H groups in total. The van der Waals surface area contributed by atoms with Crippen molar-refractivity contribution in [2.75, 3.05) is 13.6 Å². The van der Waals surface area contributed by atoms with Gasteiger partial charge in [-0.3, -0.25) is 9.59 Å². The first-order valence-electron chi connectivity index (χ1n) is 7.80. The van der Waals surface area contributed by atoms with Gasteiger partial charge in [0, 0.05) is 6.42 Å². The van der Waals surface area contributed by atoms with Crippen LogP contribution in [0.15, 0.2) is 24.3 Å². The fourth-order valence-electron chi connectivity index (χ4n) is 2.98. The van der Waals surface area contributed by atoms with E-state index in [1.165, 1.54) is 5.56 Å². The summed E-state index contributed by atoms with van der Waals surface area (Å²) in [6.07, 6.45) is 2.89. The average molecular weight is 312 g/mol. The number of benzene rings is 1. The zero-order valence-electron chi connectivity index (χ0n) is 13.1. The van der Waals surface area contributed by atoms with Crippen LogP contribution in [0.3, 0.4) is 0 Å². The molecule has 0 aliphatic heterocycles. The number of primary amides is 1. The number of nitrogens with zero attached hydrogens (tertiary/aromatic N) is 2. The van der Waals surface area contributed by atoms with E-state index in [9.17, 15) is 9.59 Å². The van der Waals surface area contributed by atoms with Gasteiger partial charge in [-0.2, -0.15) is 5.10 Å². The van der Waals surface area contributed by atoms with Crippen LogP contribution >= 0.6 is 0 Å². The zero-order chi connectivity index (χ0) is 16.4. The van der Waals surface area contributed by atoms with Gasteiger partial charge in [0.15, 0.2) is 11.5 Å². The van der Waals surface area contributed by atoms with Gasteiger partial charge in [0.2, 0.25) is 0 Å². The third-order valence-electron chi connectivity index (χ3n) is 4.16. The Morgan fingerprint density at radius 3 is 2.70 bits per heavy atom. The van der Waals surface area contributed by atoms with Crippen LogP contribution in [0.5, 0.6) is 0 Å². The van der Waals surface area contributed by atoms with Gasteiger partial charge < -0.3 is 11.1 Å². The molecule has 1 aliphatic rings. The van der Waals surface area contributed by atoms with Crippen molar-refractivity contribution in [2.45, 2.75) is 25.7 Å². The molecule has 0 unspecified atom stereocenters. The van der Waals surface area contributed by atoms with Crippen LogP contribution in [0.1, 0.15) is 44.9 Å². The molecule has 0 radical (unpaired) electrons. The fourth-order valence-corrected chi connectivity index (χ4v) is 2.98. The Labute approximate surface area is 134 Å². The Morgan fingerprint density at radius 1 is 1.30 bits per heavy atom. The van der Waals surface area contributed by atoms with Gasteiger partial charge >= 0.3 is 0 Å². The summed E-state index contributed by atoms with van der Waals surface area (Å²) in [4.78, 5) is 23.8. The minimum absolute atomic E-state index is 0.0445. The summed E-state index contributed by atoms with van der Waals surface area (Å²) >= 11 is 0. The number of ketones is 1. The van der Waals surface area contributed by atoms with Crippen LogP contribution in [0.2, 0.25) is 0 Å². The maximum absolute atomic E-state index is 12.2. The number of hydrogen-bond donors (Lipinski definition) is 2. The zero-order valence-corrected chi connectivity index (χ0v) is 13.1.